The minimum Gasteiger partial charge on any atom is -0.295 e. The van der Waals surface area contributed by atoms with Crippen LogP contribution in [0.2, 0.25) is 0 Å². The van der Waals surface area contributed by atoms with Crippen LogP contribution in [0.25, 0.3) is 5.69 Å². The highest BCUT2D eigenvalue weighted by molar-refractivity contribution is 6.17. The Hall–Kier alpha value is -4.06. The third kappa shape index (κ3) is 3.12. The van der Waals surface area contributed by atoms with Gasteiger partial charge in [0.1, 0.15) is 0 Å². The molecule has 2 aliphatic rings. The lowest BCUT2D eigenvalue weighted by molar-refractivity contribution is 0.0793. The fourth-order valence-corrected chi connectivity index (χ4v) is 4.32. The van der Waals surface area contributed by atoms with Crippen LogP contribution in [-0.2, 0) is 0 Å². The van der Waals surface area contributed by atoms with Crippen LogP contribution in [-0.4, -0.2) is 27.6 Å². The van der Waals surface area contributed by atoms with Crippen LogP contribution in [0, 0.1) is 25.7 Å². The maximum Gasteiger partial charge on any atom is 0.280 e. The van der Waals surface area contributed by atoms with E-state index in [1.54, 1.807) is 49.4 Å². The summed E-state index contributed by atoms with van der Waals surface area (Å²) < 4.78 is 1.47. The van der Waals surface area contributed by atoms with E-state index in [4.69, 9.17) is 0 Å². The molecular formula is C26H21N3O3. The highest BCUT2D eigenvalue weighted by atomic mass is 16.1. The van der Waals surface area contributed by atoms with Crippen molar-refractivity contribution in [3.8, 4) is 5.69 Å². The Morgan fingerprint density at radius 1 is 0.938 bits per heavy atom. The number of carbonyl (C=O) groups is 2. The van der Waals surface area contributed by atoms with Gasteiger partial charge in [-0.2, -0.15) is 0 Å². The van der Waals surface area contributed by atoms with E-state index in [0.717, 1.165) is 11.3 Å². The highest BCUT2D eigenvalue weighted by Gasteiger charge is 2.42. The number of nitrogens with zero attached hydrogens (tertiary/aromatic N) is 2. The van der Waals surface area contributed by atoms with E-state index < -0.39 is 11.8 Å². The van der Waals surface area contributed by atoms with Crippen LogP contribution in [0.3, 0.4) is 0 Å². The van der Waals surface area contributed by atoms with Gasteiger partial charge in [0.15, 0.2) is 11.6 Å². The first kappa shape index (κ1) is 19.9. The molecule has 1 N–H and O–H groups in total. The standard InChI is InChI=1S/C26H21N3O3/c1-15-10-12-17(13-11-15)29-26(32)21(16(2)28-29)14-27-22-9-5-8-20-23(22)25(31)19-7-4-3-6-18(19)24(20)30/h3-14,20,23,28H,1-2H3/t20-,23-/m1/s1. The maximum absolute atomic E-state index is 13.2. The molecule has 0 aliphatic heterocycles. The van der Waals surface area contributed by atoms with Gasteiger partial charge in [-0.05, 0) is 32.1 Å². The first-order chi connectivity index (χ1) is 15.5. The van der Waals surface area contributed by atoms with Crippen molar-refractivity contribution in [3.63, 3.8) is 0 Å². The lowest BCUT2D eigenvalue weighted by atomic mass is 9.71. The van der Waals surface area contributed by atoms with Gasteiger partial charge in [0, 0.05) is 23.0 Å². The maximum atomic E-state index is 13.2. The summed E-state index contributed by atoms with van der Waals surface area (Å²) in [6.45, 7) is 3.79. The van der Waals surface area contributed by atoms with Crippen molar-refractivity contribution < 1.29 is 9.59 Å². The number of aryl methyl sites for hydroxylation is 2. The fraction of sp³-hybridized carbons (Fsp3) is 0.154. The molecule has 1 aromatic heterocycles. The molecule has 5 rings (SSSR count). The number of rotatable bonds is 3. The van der Waals surface area contributed by atoms with E-state index in [9.17, 15) is 14.4 Å². The number of Topliss-reactive ketones (excluding diaryl/α,β-unsaturated/α-hetero) is 2. The molecule has 0 fully saturated rings. The summed E-state index contributed by atoms with van der Waals surface area (Å²) in [5, 5.41) is 3.08. The van der Waals surface area contributed by atoms with Crippen molar-refractivity contribution in [1.29, 1.82) is 0 Å². The Morgan fingerprint density at radius 2 is 1.62 bits per heavy atom. The summed E-state index contributed by atoms with van der Waals surface area (Å²) in [6.07, 6.45) is 6.73. The van der Waals surface area contributed by atoms with E-state index >= 15 is 0 Å². The van der Waals surface area contributed by atoms with E-state index in [0.29, 0.717) is 28.1 Å². The molecule has 0 radical (unpaired) electrons. The van der Waals surface area contributed by atoms with Gasteiger partial charge in [-0.15, -0.1) is 0 Å². The van der Waals surface area contributed by atoms with E-state index in [2.05, 4.69) is 10.1 Å². The number of allylic oxidation sites excluding steroid dienone is 4. The first-order valence-corrected chi connectivity index (χ1v) is 10.4. The van der Waals surface area contributed by atoms with Gasteiger partial charge >= 0.3 is 0 Å². The molecule has 3 aromatic rings. The lowest BCUT2D eigenvalue weighted by Gasteiger charge is -2.30. The number of carbonyl (C=O) groups excluding carboxylic acids is 2. The molecule has 0 saturated carbocycles. The van der Waals surface area contributed by atoms with Crippen LogP contribution in [0.4, 0.5) is 0 Å². The van der Waals surface area contributed by atoms with Crippen molar-refractivity contribution in [1.82, 2.24) is 9.78 Å². The largest absolute Gasteiger partial charge is 0.295 e. The number of H-pyrrole nitrogens is 1. The van der Waals surface area contributed by atoms with E-state index in [1.807, 2.05) is 31.2 Å². The number of aromatic nitrogens is 2. The number of nitrogens with one attached hydrogen (secondary N) is 1. The second-order valence-corrected chi connectivity index (χ2v) is 8.14. The zero-order chi connectivity index (χ0) is 22.4. The smallest absolute Gasteiger partial charge is 0.280 e. The topological polar surface area (TPSA) is 84.3 Å². The first-order valence-electron chi connectivity index (χ1n) is 10.4. The molecule has 2 aromatic carbocycles. The summed E-state index contributed by atoms with van der Waals surface area (Å²) in [4.78, 5) is 43.7. The number of benzene rings is 2. The Bertz CT molecular complexity index is 1400. The summed E-state index contributed by atoms with van der Waals surface area (Å²) >= 11 is 0. The molecule has 6 heteroatoms. The summed E-state index contributed by atoms with van der Waals surface area (Å²) in [5.74, 6) is -1.47. The number of aromatic amines is 1. The molecule has 0 bridgehead atoms. The second-order valence-electron chi connectivity index (χ2n) is 8.14. The molecule has 158 valence electrons. The van der Waals surface area contributed by atoms with Crippen molar-refractivity contribution in [3.05, 3.63) is 111 Å². The molecule has 0 unspecified atom stereocenters. The van der Waals surface area contributed by atoms with Crippen LogP contribution in [0.1, 0.15) is 37.5 Å². The third-order valence-electron chi connectivity index (χ3n) is 6.06. The van der Waals surface area contributed by atoms with Gasteiger partial charge in [-0.25, -0.2) is 4.68 Å². The number of fused-ring (bicyclic) bond motifs is 2. The summed E-state index contributed by atoms with van der Waals surface area (Å²) in [5.41, 5.74) is 4.04. The van der Waals surface area contributed by atoms with Crippen LogP contribution in [0.5, 0.6) is 0 Å². The van der Waals surface area contributed by atoms with Crippen LogP contribution in [0.15, 0.2) is 82.2 Å². The Balaban J connectivity index is 1.51. The Morgan fingerprint density at radius 3 is 2.34 bits per heavy atom. The molecule has 1 heterocycles. The minimum atomic E-state index is -0.683. The van der Waals surface area contributed by atoms with Gasteiger partial charge in [0.05, 0.1) is 28.8 Å². The van der Waals surface area contributed by atoms with Crippen molar-refractivity contribution in [2.75, 3.05) is 0 Å². The van der Waals surface area contributed by atoms with Gasteiger partial charge in [-0.1, -0.05) is 54.1 Å². The van der Waals surface area contributed by atoms with Crippen molar-refractivity contribution in [2.45, 2.75) is 13.8 Å². The van der Waals surface area contributed by atoms with Crippen LogP contribution < -0.4 is 5.56 Å². The van der Waals surface area contributed by atoms with E-state index in [-0.39, 0.29) is 17.1 Å². The monoisotopic (exact) mass is 423 g/mol. The van der Waals surface area contributed by atoms with E-state index in [1.165, 1.54) is 10.9 Å². The second kappa shape index (κ2) is 7.57. The Labute approximate surface area is 184 Å². The number of hydrogen-bond donors (Lipinski definition) is 1. The molecule has 6 nitrogen and oxygen atoms in total. The normalized spacial score (nSPS) is 19.8. The molecule has 2 atom stereocenters. The van der Waals surface area contributed by atoms with Crippen LogP contribution >= 0.6 is 0 Å². The molecular weight excluding hydrogens is 402 g/mol. The quantitative estimate of drug-likeness (QED) is 0.647. The van der Waals surface area contributed by atoms with Crippen molar-refractivity contribution in [2.24, 2.45) is 16.8 Å². The third-order valence-corrected chi connectivity index (χ3v) is 6.06. The lowest BCUT2D eigenvalue weighted by Crippen LogP contribution is -2.37. The van der Waals surface area contributed by atoms with Gasteiger partial charge in [-0.3, -0.25) is 24.5 Å². The zero-order valence-corrected chi connectivity index (χ0v) is 17.7. The minimum absolute atomic E-state index is 0.0817. The number of aliphatic imine (C=N–C) groups is 1. The predicted octanol–water partition coefficient (Wildman–Crippen LogP) is 3.97. The molecule has 0 spiro atoms. The number of ketones is 2. The number of hydrogen-bond acceptors (Lipinski definition) is 4. The molecule has 0 saturated heterocycles. The Kier molecular flexibility index (Phi) is 4.70. The highest BCUT2D eigenvalue weighted by Crippen LogP contribution is 2.38. The molecule has 32 heavy (non-hydrogen) atoms. The summed E-state index contributed by atoms with van der Waals surface area (Å²) in [7, 11) is 0. The zero-order valence-electron chi connectivity index (χ0n) is 17.7. The van der Waals surface area contributed by atoms with Gasteiger partial charge < -0.3 is 0 Å². The van der Waals surface area contributed by atoms with Crippen molar-refractivity contribution >= 4 is 17.8 Å². The summed E-state index contributed by atoms with van der Waals surface area (Å²) in [6, 6.07) is 14.5. The van der Waals surface area contributed by atoms with Gasteiger partial charge in [0.2, 0.25) is 0 Å². The van der Waals surface area contributed by atoms with Gasteiger partial charge in [0.25, 0.3) is 5.56 Å². The molecule has 0 amide bonds. The molecule has 2 aliphatic carbocycles. The predicted molar refractivity (Wildman–Crippen MR) is 123 cm³/mol. The average molecular weight is 423 g/mol. The average Bonchev–Trinajstić information content (AvgIpc) is 3.09. The SMILES string of the molecule is Cc1ccc(-n2[nH]c(C)c(C=NC3=CC=C[C@H]4C(=O)c5ccccc5C(=O)[C@@H]34)c2=O)cc1. The fourth-order valence-electron chi connectivity index (χ4n) is 4.32.